The summed E-state index contributed by atoms with van der Waals surface area (Å²) < 4.78 is 1.58. The normalized spacial score (nSPS) is 16.8. The minimum Gasteiger partial charge on any atom is -1.00 e. The van der Waals surface area contributed by atoms with E-state index >= 15 is 0 Å². The molecule has 2 heterocycles. The van der Waals surface area contributed by atoms with Crippen LogP contribution in [0.25, 0.3) is 12.2 Å². The Hall–Kier alpha value is -3.97. The van der Waals surface area contributed by atoms with Crippen molar-refractivity contribution in [2.45, 2.75) is 0 Å². The minimum atomic E-state index is -0.302. The van der Waals surface area contributed by atoms with Gasteiger partial charge >= 0.3 is 0 Å². The van der Waals surface area contributed by atoms with Crippen LogP contribution in [0.4, 0.5) is 11.4 Å². The van der Waals surface area contributed by atoms with Crippen molar-refractivity contribution in [3.63, 3.8) is 0 Å². The first kappa shape index (κ1) is 45.2. The Morgan fingerprint density at radius 2 is 1.00 bits per heavy atom. The zero-order valence-corrected chi connectivity index (χ0v) is 35.3. The smallest absolute Gasteiger partial charge is 0.254 e. The van der Waals surface area contributed by atoms with Crippen molar-refractivity contribution in [2.24, 2.45) is 0 Å². The third-order valence-corrected chi connectivity index (χ3v) is 9.89. The molecular weight excluding hydrogens is 800 g/mol. The summed E-state index contributed by atoms with van der Waals surface area (Å²) >= 11 is 0. The number of aliphatic hydroxyl groups is 1. The van der Waals surface area contributed by atoms with Gasteiger partial charge in [-0.2, -0.15) is 0 Å². The highest BCUT2D eigenvalue weighted by molar-refractivity contribution is 6.02. The summed E-state index contributed by atoms with van der Waals surface area (Å²) in [5, 5.41) is 10.4. The number of ketones is 1. The van der Waals surface area contributed by atoms with Gasteiger partial charge in [0.15, 0.2) is 5.78 Å². The maximum absolute atomic E-state index is 12.5. The Bertz CT molecular complexity index is 1680. The molecule has 2 amide bonds. The summed E-state index contributed by atoms with van der Waals surface area (Å²) in [5.41, 5.74) is 5.35. The van der Waals surface area contributed by atoms with Gasteiger partial charge in [-0.3, -0.25) is 14.4 Å². The number of rotatable bonds is 13. The number of likely N-dealkylation sites (N-methyl/N-ethyl adjacent to an activating group) is 4. The molecule has 288 valence electrons. The number of carbonyl (C=O) groups is 3. The zero-order valence-electron chi connectivity index (χ0n) is 32.1. The maximum Gasteiger partial charge on any atom is 0.254 e. The molecule has 2 aliphatic heterocycles. The molecule has 0 atom stereocenters. The fourth-order valence-corrected chi connectivity index (χ4v) is 6.61. The van der Waals surface area contributed by atoms with Crippen molar-refractivity contribution in [3.05, 3.63) is 108 Å². The molecule has 53 heavy (non-hydrogen) atoms. The van der Waals surface area contributed by atoms with E-state index in [9.17, 15) is 19.5 Å². The highest BCUT2D eigenvalue weighted by atomic mass is 79.9. The molecule has 2 aromatic carbocycles. The van der Waals surface area contributed by atoms with Gasteiger partial charge in [-0.05, 0) is 47.5 Å². The molecule has 0 bridgehead atoms. The average Bonchev–Trinajstić information content (AvgIpc) is 3.10. The Morgan fingerprint density at radius 1 is 0.660 bits per heavy atom. The van der Waals surface area contributed by atoms with Crippen molar-refractivity contribution >= 4 is 41.1 Å². The van der Waals surface area contributed by atoms with Gasteiger partial charge in [-0.25, -0.2) is 0 Å². The number of piperazine rings is 2. The Morgan fingerprint density at radius 3 is 1.34 bits per heavy atom. The number of allylic oxidation sites excluding steroid dienone is 3. The SMILES string of the molecule is C=C(C[N+]1(C)CCN(c2ccc(/C=C/C(=O)/C=C(O)/C=C/c3ccc(N4CC[N+](C)(CC(=C)C(=O)N(C)C)CC4)cc3)cc2)CC1)C(=O)N(C)C.[Br-].[Br-]. The van der Waals surface area contributed by atoms with Gasteiger partial charge in [-0.1, -0.05) is 49.6 Å². The van der Waals surface area contributed by atoms with Crippen LogP contribution in [0, 0.1) is 0 Å². The van der Waals surface area contributed by atoms with Crippen LogP contribution in [0.5, 0.6) is 0 Å². The molecule has 1 N–H and O–H groups in total. The lowest BCUT2D eigenvalue weighted by Crippen LogP contribution is -3.00. The third kappa shape index (κ3) is 13.1. The van der Waals surface area contributed by atoms with Crippen LogP contribution in [0.2, 0.25) is 0 Å². The largest absolute Gasteiger partial charge is 1.00 e. The highest BCUT2D eigenvalue weighted by Gasteiger charge is 2.32. The molecule has 2 aliphatic rings. The van der Waals surface area contributed by atoms with Crippen molar-refractivity contribution in [2.75, 3.05) is 118 Å². The second kappa shape index (κ2) is 19.9. The molecule has 4 rings (SSSR count). The van der Waals surface area contributed by atoms with E-state index in [1.165, 1.54) is 18.2 Å². The van der Waals surface area contributed by atoms with Crippen LogP contribution in [0.1, 0.15) is 11.1 Å². The second-order valence-corrected chi connectivity index (χ2v) is 14.9. The van der Waals surface area contributed by atoms with E-state index in [-0.39, 0.29) is 57.3 Å². The number of aliphatic hydroxyl groups excluding tert-OH is 1. The summed E-state index contributed by atoms with van der Waals surface area (Å²) in [5.74, 6) is -0.442. The molecule has 10 nitrogen and oxygen atoms in total. The highest BCUT2D eigenvalue weighted by Crippen LogP contribution is 2.23. The van der Waals surface area contributed by atoms with E-state index in [0.717, 1.165) is 83.8 Å². The molecule has 12 heteroatoms. The molecule has 2 saturated heterocycles. The first-order valence-corrected chi connectivity index (χ1v) is 17.5. The number of amides is 2. The molecule has 0 saturated carbocycles. The fourth-order valence-electron chi connectivity index (χ4n) is 6.61. The van der Waals surface area contributed by atoms with Gasteiger partial charge in [0.25, 0.3) is 11.8 Å². The number of carbonyl (C=O) groups excluding carboxylic acids is 3. The number of hydrogen-bond donors (Lipinski definition) is 1. The minimum absolute atomic E-state index is 0. The first-order valence-electron chi connectivity index (χ1n) is 17.5. The van der Waals surface area contributed by atoms with Crippen LogP contribution in [0.15, 0.2) is 96.8 Å². The van der Waals surface area contributed by atoms with Gasteiger partial charge < -0.3 is 67.6 Å². The number of anilines is 2. The Labute approximate surface area is 337 Å². The van der Waals surface area contributed by atoms with Gasteiger partial charge in [0.05, 0.1) is 77.6 Å². The number of halogens is 2. The Balaban J connectivity index is 0.00000486. The van der Waals surface area contributed by atoms with Crippen LogP contribution in [-0.2, 0) is 14.4 Å². The zero-order chi connectivity index (χ0) is 37.3. The predicted molar refractivity (Wildman–Crippen MR) is 208 cm³/mol. The summed E-state index contributed by atoms with van der Waals surface area (Å²) in [6.07, 6.45) is 7.72. The topological polar surface area (TPSA) is 84.4 Å². The average molecular weight is 857 g/mol. The third-order valence-electron chi connectivity index (χ3n) is 9.89. The van der Waals surface area contributed by atoms with E-state index in [1.54, 1.807) is 50.1 Å². The van der Waals surface area contributed by atoms with Gasteiger partial charge in [-0.15, -0.1) is 0 Å². The summed E-state index contributed by atoms with van der Waals surface area (Å²) in [7, 11) is 11.4. The Kier molecular flexibility index (Phi) is 17.0. The lowest BCUT2D eigenvalue weighted by Gasteiger charge is -2.43. The second-order valence-electron chi connectivity index (χ2n) is 14.9. The monoisotopic (exact) mass is 854 g/mol. The summed E-state index contributed by atoms with van der Waals surface area (Å²) in [4.78, 5) is 44.9. The molecule has 2 aromatic rings. The van der Waals surface area contributed by atoms with Crippen LogP contribution in [-0.4, -0.2) is 149 Å². The van der Waals surface area contributed by atoms with E-state index in [0.29, 0.717) is 24.2 Å². The number of quaternary nitrogens is 2. The van der Waals surface area contributed by atoms with E-state index in [1.807, 2.05) is 24.3 Å². The molecular formula is C41H56Br2N6O4. The fraction of sp³-hybridized carbons (Fsp3) is 0.390. The van der Waals surface area contributed by atoms with E-state index < -0.39 is 0 Å². The van der Waals surface area contributed by atoms with Gasteiger partial charge in [0.1, 0.15) is 18.8 Å². The first-order chi connectivity index (χ1) is 24.1. The maximum atomic E-state index is 12.5. The molecule has 0 unspecified atom stereocenters. The van der Waals surface area contributed by atoms with Gasteiger partial charge in [0.2, 0.25) is 0 Å². The van der Waals surface area contributed by atoms with Crippen molar-refractivity contribution < 1.29 is 62.4 Å². The number of nitrogens with zero attached hydrogens (tertiary/aromatic N) is 6. The lowest BCUT2D eigenvalue weighted by molar-refractivity contribution is -0.905. The van der Waals surface area contributed by atoms with E-state index in [2.05, 4.69) is 61.3 Å². The van der Waals surface area contributed by atoms with E-state index in [4.69, 9.17) is 0 Å². The quantitative estimate of drug-likeness (QED) is 0.112. The predicted octanol–water partition coefficient (Wildman–Crippen LogP) is -1.75. The van der Waals surface area contributed by atoms with Crippen molar-refractivity contribution in [3.8, 4) is 0 Å². The number of benzene rings is 2. The van der Waals surface area contributed by atoms with Crippen LogP contribution < -0.4 is 43.8 Å². The molecule has 0 aromatic heterocycles. The van der Waals surface area contributed by atoms with Crippen molar-refractivity contribution in [1.82, 2.24) is 9.80 Å². The molecule has 0 aliphatic carbocycles. The standard InChI is InChI=1S/C41H55N6O4.2BrH/c1-32(40(50)42(3)4)30-46(7)25-21-44(22-26-46)36-15-9-34(10-16-36)13-19-38(48)29-39(49)20-14-35-11-17-37(18-12-35)45-23-27-47(8,28-24-45)31-33(2)41(51)43(5)6;;/h9-20,29H,1-2,21-28,30-31H2,3-8H3;2*1H/q+1;;/p-1/b19-13+,20-14+;;. The summed E-state index contributed by atoms with van der Waals surface area (Å²) in [6.45, 7) is 16.6. The van der Waals surface area contributed by atoms with Crippen LogP contribution >= 0.6 is 0 Å². The summed E-state index contributed by atoms with van der Waals surface area (Å²) in [6, 6.07) is 16.2. The molecule has 0 radical (unpaired) electrons. The number of hydrogen-bond acceptors (Lipinski definition) is 6. The van der Waals surface area contributed by atoms with Crippen LogP contribution in [0.3, 0.4) is 0 Å². The molecule has 0 spiro atoms. The van der Waals surface area contributed by atoms with Gasteiger partial charge in [0, 0.05) is 45.6 Å². The lowest BCUT2D eigenvalue weighted by atomic mass is 10.1. The molecule has 2 fully saturated rings. The van der Waals surface area contributed by atoms with Crippen molar-refractivity contribution in [1.29, 1.82) is 0 Å².